The van der Waals surface area contributed by atoms with E-state index in [1.165, 1.54) is 44.9 Å². The molecule has 0 aromatic rings. The van der Waals surface area contributed by atoms with Crippen LogP contribution in [0.1, 0.15) is 85.0 Å². The maximum atomic E-state index is 10.1. The fourth-order valence-electron chi connectivity index (χ4n) is 1.23. The Morgan fingerprint density at radius 2 is 1.19 bits per heavy atom. The fourth-order valence-corrected chi connectivity index (χ4v) is 1.23. The first-order valence-corrected chi connectivity index (χ1v) is 6.90. The molecule has 0 heterocycles. The number of carboxylic acid groups (broad SMARTS) is 1. The Bertz CT molecular complexity index is 131. The molecule has 0 aliphatic rings. The van der Waals surface area contributed by atoms with E-state index in [-0.39, 0.29) is 0 Å². The van der Waals surface area contributed by atoms with Crippen molar-refractivity contribution in [3.05, 3.63) is 0 Å². The number of hydrogen-bond acceptors (Lipinski definition) is 1. The maximum absolute atomic E-state index is 10.1. The van der Waals surface area contributed by atoms with Gasteiger partial charge in [-0.15, -0.1) is 0 Å². The Hall–Kier alpha value is -0.530. The summed E-state index contributed by atoms with van der Waals surface area (Å²) in [5, 5.41) is 8.35. The van der Waals surface area contributed by atoms with E-state index in [1.807, 2.05) is 0 Å². The van der Waals surface area contributed by atoms with Crippen LogP contribution in [0.25, 0.3) is 0 Å². The summed E-state index contributed by atoms with van der Waals surface area (Å²) in [6, 6.07) is 0. The zero-order chi connectivity index (χ0) is 12.6. The molecule has 0 atom stereocenters. The quantitative estimate of drug-likeness (QED) is 0.565. The second-order valence-corrected chi connectivity index (χ2v) is 4.27. The zero-order valence-electron chi connectivity index (χ0n) is 11.4. The van der Waals surface area contributed by atoms with Gasteiger partial charge in [0.25, 0.3) is 0 Å². The van der Waals surface area contributed by atoms with Crippen LogP contribution in [0, 0.1) is 0 Å². The molecule has 0 bridgehead atoms. The molecular weight excluding hydrogens is 200 g/mol. The summed E-state index contributed by atoms with van der Waals surface area (Å²) in [5.41, 5.74) is 0. The molecule has 0 spiro atoms. The van der Waals surface area contributed by atoms with E-state index < -0.39 is 5.97 Å². The van der Waals surface area contributed by atoms with Gasteiger partial charge in [0, 0.05) is 6.42 Å². The highest BCUT2D eigenvalue weighted by Crippen LogP contribution is 2.07. The van der Waals surface area contributed by atoms with E-state index in [0.717, 1.165) is 12.8 Å². The molecule has 0 rings (SSSR count). The van der Waals surface area contributed by atoms with Crippen molar-refractivity contribution in [3.8, 4) is 0 Å². The van der Waals surface area contributed by atoms with Crippen molar-refractivity contribution in [2.24, 2.45) is 0 Å². The van der Waals surface area contributed by atoms with Crippen molar-refractivity contribution in [2.75, 3.05) is 0 Å². The molecule has 0 aliphatic carbocycles. The molecule has 1 N–H and O–H groups in total. The summed E-state index contributed by atoms with van der Waals surface area (Å²) in [6.45, 7) is 6.56. The number of rotatable bonds is 9. The monoisotopic (exact) mass is 230 g/mol. The molecule has 2 nitrogen and oxygen atoms in total. The van der Waals surface area contributed by atoms with Crippen LogP contribution in [0.2, 0.25) is 0 Å². The average Bonchev–Trinajstić information content (AvgIpc) is 2.28. The largest absolute Gasteiger partial charge is 0.481 e. The molecule has 98 valence electrons. The first-order chi connectivity index (χ1) is 7.68. The second kappa shape index (κ2) is 16.9. The van der Waals surface area contributed by atoms with E-state index >= 15 is 0 Å². The number of unbranched alkanes of at least 4 members (excludes halogenated alkanes) is 7. The van der Waals surface area contributed by atoms with E-state index in [4.69, 9.17) is 5.11 Å². The average molecular weight is 230 g/mol. The number of carbonyl (C=O) groups is 1. The summed E-state index contributed by atoms with van der Waals surface area (Å²) >= 11 is 0. The van der Waals surface area contributed by atoms with Crippen molar-refractivity contribution < 1.29 is 9.90 Å². The van der Waals surface area contributed by atoms with Crippen molar-refractivity contribution >= 4 is 5.97 Å². The highest BCUT2D eigenvalue weighted by Gasteiger charge is 1.95. The van der Waals surface area contributed by atoms with Crippen molar-refractivity contribution in [1.82, 2.24) is 0 Å². The SMILES string of the molecule is CCCC.CCCCCCCCCC(=O)O. The Balaban J connectivity index is 0. The van der Waals surface area contributed by atoms with Crippen LogP contribution >= 0.6 is 0 Å². The molecular formula is C14H30O2. The van der Waals surface area contributed by atoms with Crippen molar-refractivity contribution in [1.29, 1.82) is 0 Å². The molecule has 0 radical (unpaired) electrons. The van der Waals surface area contributed by atoms with Crippen LogP contribution in [-0.2, 0) is 4.79 Å². The minimum absolute atomic E-state index is 0.341. The molecule has 0 aromatic carbocycles. The number of hydrogen-bond donors (Lipinski definition) is 1. The smallest absolute Gasteiger partial charge is 0.303 e. The molecule has 0 unspecified atom stereocenters. The predicted octanol–water partition coefficient (Wildman–Crippen LogP) is 5.02. The van der Waals surface area contributed by atoms with Crippen LogP contribution in [0.15, 0.2) is 0 Å². The summed E-state index contributed by atoms with van der Waals surface area (Å²) < 4.78 is 0. The Labute approximate surface area is 101 Å². The fraction of sp³-hybridized carbons (Fsp3) is 0.929. The van der Waals surface area contributed by atoms with Crippen LogP contribution < -0.4 is 0 Å². The normalized spacial score (nSPS) is 9.44. The molecule has 0 amide bonds. The number of aliphatic carboxylic acids is 1. The standard InChI is InChI=1S/C10H20O2.C4H10/c1-2-3-4-5-6-7-8-9-10(11)12;1-3-4-2/h2-9H2,1H3,(H,11,12);3-4H2,1-2H3. The van der Waals surface area contributed by atoms with Crippen molar-refractivity contribution in [2.45, 2.75) is 85.0 Å². The van der Waals surface area contributed by atoms with Gasteiger partial charge in [0.05, 0.1) is 0 Å². The van der Waals surface area contributed by atoms with Gasteiger partial charge in [-0.25, -0.2) is 0 Å². The van der Waals surface area contributed by atoms with E-state index in [9.17, 15) is 4.79 Å². The highest BCUT2D eigenvalue weighted by molar-refractivity contribution is 5.66. The van der Waals surface area contributed by atoms with Gasteiger partial charge >= 0.3 is 5.97 Å². The van der Waals surface area contributed by atoms with Gasteiger partial charge in [-0.05, 0) is 6.42 Å². The van der Waals surface area contributed by atoms with Crippen LogP contribution in [0.5, 0.6) is 0 Å². The summed E-state index contributed by atoms with van der Waals surface area (Å²) in [6.07, 6.45) is 11.3. The third-order valence-electron chi connectivity index (χ3n) is 2.49. The van der Waals surface area contributed by atoms with Gasteiger partial charge in [-0.1, -0.05) is 72.1 Å². The van der Waals surface area contributed by atoms with Gasteiger partial charge in [0.1, 0.15) is 0 Å². The molecule has 0 saturated carbocycles. The molecule has 16 heavy (non-hydrogen) atoms. The molecule has 0 aromatic heterocycles. The first kappa shape index (κ1) is 17.9. The first-order valence-electron chi connectivity index (χ1n) is 6.90. The van der Waals surface area contributed by atoms with Crippen LogP contribution in [0.4, 0.5) is 0 Å². The van der Waals surface area contributed by atoms with Gasteiger partial charge in [0.15, 0.2) is 0 Å². The summed E-state index contributed by atoms with van der Waals surface area (Å²) in [7, 11) is 0. The molecule has 2 heteroatoms. The van der Waals surface area contributed by atoms with Gasteiger partial charge in [0.2, 0.25) is 0 Å². The minimum Gasteiger partial charge on any atom is -0.481 e. The lowest BCUT2D eigenvalue weighted by Gasteiger charge is -1.98. The van der Waals surface area contributed by atoms with Crippen molar-refractivity contribution in [3.63, 3.8) is 0 Å². The van der Waals surface area contributed by atoms with E-state index in [2.05, 4.69) is 20.8 Å². The minimum atomic E-state index is -0.663. The molecule has 0 saturated heterocycles. The Morgan fingerprint density at radius 1 is 0.750 bits per heavy atom. The third kappa shape index (κ3) is 23.4. The summed E-state index contributed by atoms with van der Waals surface area (Å²) in [5.74, 6) is -0.663. The Morgan fingerprint density at radius 3 is 1.56 bits per heavy atom. The van der Waals surface area contributed by atoms with Gasteiger partial charge in [-0.2, -0.15) is 0 Å². The molecule has 0 fully saturated rings. The topological polar surface area (TPSA) is 37.3 Å². The van der Waals surface area contributed by atoms with Gasteiger partial charge in [-0.3, -0.25) is 4.79 Å². The zero-order valence-corrected chi connectivity index (χ0v) is 11.4. The lowest BCUT2D eigenvalue weighted by molar-refractivity contribution is -0.137. The van der Waals surface area contributed by atoms with Crippen LogP contribution in [0.3, 0.4) is 0 Å². The third-order valence-corrected chi connectivity index (χ3v) is 2.49. The highest BCUT2D eigenvalue weighted by atomic mass is 16.4. The second-order valence-electron chi connectivity index (χ2n) is 4.27. The number of carboxylic acids is 1. The summed E-state index contributed by atoms with van der Waals surface area (Å²) in [4.78, 5) is 10.1. The maximum Gasteiger partial charge on any atom is 0.303 e. The van der Waals surface area contributed by atoms with Crippen LogP contribution in [-0.4, -0.2) is 11.1 Å². The van der Waals surface area contributed by atoms with Gasteiger partial charge < -0.3 is 5.11 Å². The predicted molar refractivity (Wildman–Crippen MR) is 70.8 cm³/mol. The lowest BCUT2D eigenvalue weighted by Crippen LogP contribution is -1.93. The molecule has 0 aliphatic heterocycles. The lowest BCUT2D eigenvalue weighted by atomic mass is 10.1. The Kier molecular flexibility index (Phi) is 18.8. The van der Waals surface area contributed by atoms with E-state index in [1.54, 1.807) is 0 Å². The van der Waals surface area contributed by atoms with E-state index in [0.29, 0.717) is 6.42 Å².